The van der Waals surface area contributed by atoms with Crippen molar-refractivity contribution < 1.29 is 23.9 Å². The second-order valence-corrected chi connectivity index (χ2v) is 8.09. The van der Waals surface area contributed by atoms with E-state index in [1.807, 2.05) is 36.1 Å². The topological polar surface area (TPSA) is 88.2 Å². The first-order valence-electron chi connectivity index (χ1n) is 11.2. The van der Waals surface area contributed by atoms with Crippen LogP contribution in [0.5, 0.6) is 5.75 Å². The van der Waals surface area contributed by atoms with Gasteiger partial charge in [-0.2, -0.15) is 0 Å². The molecule has 0 spiro atoms. The molecule has 0 aromatic heterocycles. The van der Waals surface area contributed by atoms with Crippen LogP contribution in [-0.2, 0) is 20.7 Å². The number of carbonyl (C=O) groups excluding carboxylic acids is 3. The van der Waals surface area contributed by atoms with Gasteiger partial charge < -0.3 is 19.7 Å². The molecular formula is C25H29N3O5S. The predicted molar refractivity (Wildman–Crippen MR) is 133 cm³/mol. The Morgan fingerprint density at radius 3 is 2.32 bits per heavy atom. The zero-order chi connectivity index (χ0) is 24.7. The number of nitrogens with zero attached hydrogens (tertiary/aromatic N) is 2. The van der Waals surface area contributed by atoms with Crippen LogP contribution < -0.4 is 10.1 Å². The number of amides is 2. The van der Waals surface area contributed by atoms with Crippen LogP contribution >= 0.6 is 12.2 Å². The maximum Gasteiger partial charge on any atom is 0.338 e. The van der Waals surface area contributed by atoms with Gasteiger partial charge >= 0.3 is 5.97 Å². The lowest BCUT2D eigenvalue weighted by molar-refractivity contribution is -0.130. The molecule has 180 valence electrons. The van der Waals surface area contributed by atoms with E-state index in [9.17, 15) is 14.4 Å². The van der Waals surface area contributed by atoms with Crippen molar-refractivity contribution in [3.8, 4) is 5.75 Å². The number of ether oxygens (including phenoxy) is 2. The summed E-state index contributed by atoms with van der Waals surface area (Å²) in [4.78, 5) is 40.9. The van der Waals surface area contributed by atoms with Crippen LogP contribution in [0.25, 0.3) is 0 Å². The number of carbonyl (C=O) groups is 3. The molecule has 9 heteroatoms. The molecule has 8 nitrogen and oxygen atoms in total. The van der Waals surface area contributed by atoms with Crippen LogP contribution in [0.2, 0.25) is 0 Å². The smallest absolute Gasteiger partial charge is 0.338 e. The number of benzene rings is 2. The Labute approximate surface area is 204 Å². The summed E-state index contributed by atoms with van der Waals surface area (Å²) in [5, 5.41) is 3.24. The van der Waals surface area contributed by atoms with E-state index in [-0.39, 0.29) is 18.2 Å². The summed E-state index contributed by atoms with van der Waals surface area (Å²) < 4.78 is 10.2. The van der Waals surface area contributed by atoms with Crippen molar-refractivity contribution in [2.24, 2.45) is 0 Å². The number of hydrogen-bond donors (Lipinski definition) is 1. The van der Waals surface area contributed by atoms with Crippen molar-refractivity contribution >= 4 is 40.8 Å². The molecule has 2 amide bonds. The van der Waals surface area contributed by atoms with E-state index in [0.717, 1.165) is 11.3 Å². The molecule has 1 saturated heterocycles. The van der Waals surface area contributed by atoms with Gasteiger partial charge in [0.15, 0.2) is 5.11 Å². The van der Waals surface area contributed by atoms with Gasteiger partial charge in [0.2, 0.25) is 5.91 Å². The van der Waals surface area contributed by atoms with Gasteiger partial charge in [-0.3, -0.25) is 14.5 Å². The number of nitrogens with one attached hydrogen (secondary N) is 1. The molecule has 1 heterocycles. The summed E-state index contributed by atoms with van der Waals surface area (Å²) in [6.45, 7) is 4.85. The highest BCUT2D eigenvalue weighted by Crippen LogP contribution is 2.22. The van der Waals surface area contributed by atoms with E-state index in [1.165, 1.54) is 4.90 Å². The Morgan fingerprint density at radius 1 is 1.06 bits per heavy atom. The Hall–Kier alpha value is -3.46. The second kappa shape index (κ2) is 11.6. The summed E-state index contributed by atoms with van der Waals surface area (Å²) in [7, 11) is 1.62. The van der Waals surface area contributed by atoms with Crippen molar-refractivity contribution in [2.45, 2.75) is 32.7 Å². The maximum absolute atomic E-state index is 13.0. The summed E-state index contributed by atoms with van der Waals surface area (Å²) in [6.07, 6.45) is 0.639. The molecule has 1 fully saturated rings. The van der Waals surface area contributed by atoms with E-state index in [4.69, 9.17) is 21.7 Å². The summed E-state index contributed by atoms with van der Waals surface area (Å²) in [6, 6.07) is 13.5. The third-order valence-corrected chi connectivity index (χ3v) is 6.03. The third-order valence-electron chi connectivity index (χ3n) is 5.58. The molecule has 1 N–H and O–H groups in total. The SMILES string of the molecule is CCOC(=O)c1ccc(NC(=O)CC2C(=O)N(CC)C(=S)N2CCc2ccc(OC)cc2)cc1. The number of thiocarbonyl (C=S) groups is 1. The zero-order valence-electron chi connectivity index (χ0n) is 19.6. The minimum atomic E-state index is -0.662. The average molecular weight is 484 g/mol. The molecule has 0 aliphatic carbocycles. The van der Waals surface area contributed by atoms with Gasteiger partial charge in [-0.05, 0) is 74.4 Å². The van der Waals surface area contributed by atoms with Gasteiger partial charge in [0, 0.05) is 18.8 Å². The number of rotatable bonds is 10. The van der Waals surface area contributed by atoms with Gasteiger partial charge in [-0.15, -0.1) is 0 Å². The van der Waals surface area contributed by atoms with Crippen LogP contribution in [0.3, 0.4) is 0 Å². The highest BCUT2D eigenvalue weighted by atomic mass is 32.1. The van der Waals surface area contributed by atoms with Crippen LogP contribution in [0.15, 0.2) is 48.5 Å². The molecule has 1 aliphatic rings. The molecular weight excluding hydrogens is 454 g/mol. The van der Waals surface area contributed by atoms with E-state index in [2.05, 4.69) is 5.32 Å². The molecule has 2 aromatic rings. The first-order valence-corrected chi connectivity index (χ1v) is 11.6. The number of esters is 1. The van der Waals surface area contributed by atoms with E-state index < -0.39 is 12.0 Å². The van der Waals surface area contributed by atoms with Crippen LogP contribution in [0, 0.1) is 0 Å². The minimum absolute atomic E-state index is 0.0300. The fourth-order valence-electron chi connectivity index (χ4n) is 3.77. The summed E-state index contributed by atoms with van der Waals surface area (Å²) >= 11 is 5.55. The lowest BCUT2D eigenvalue weighted by atomic mass is 10.1. The second-order valence-electron chi connectivity index (χ2n) is 7.72. The van der Waals surface area contributed by atoms with E-state index in [1.54, 1.807) is 38.3 Å². The molecule has 0 saturated carbocycles. The van der Waals surface area contributed by atoms with Gasteiger partial charge in [-0.1, -0.05) is 12.1 Å². The number of anilines is 1. The molecule has 0 bridgehead atoms. The summed E-state index contributed by atoms with van der Waals surface area (Å²) in [5.41, 5.74) is 2.01. The lowest BCUT2D eigenvalue weighted by Gasteiger charge is -2.23. The molecule has 34 heavy (non-hydrogen) atoms. The van der Waals surface area contributed by atoms with Crippen molar-refractivity contribution in [1.82, 2.24) is 9.80 Å². The van der Waals surface area contributed by atoms with Crippen LogP contribution in [-0.4, -0.2) is 65.5 Å². The maximum atomic E-state index is 13.0. The highest BCUT2D eigenvalue weighted by molar-refractivity contribution is 7.80. The van der Waals surface area contributed by atoms with Gasteiger partial charge in [0.1, 0.15) is 11.8 Å². The lowest BCUT2D eigenvalue weighted by Crippen LogP contribution is -2.39. The molecule has 1 atom stereocenters. The van der Waals surface area contributed by atoms with Crippen LogP contribution in [0.1, 0.15) is 36.2 Å². The normalized spacial score (nSPS) is 15.4. The quantitative estimate of drug-likeness (QED) is 0.410. The first-order chi connectivity index (χ1) is 16.4. The highest BCUT2D eigenvalue weighted by Gasteiger charge is 2.42. The number of methoxy groups -OCH3 is 1. The molecule has 2 aromatic carbocycles. The van der Waals surface area contributed by atoms with Crippen molar-refractivity contribution in [3.05, 3.63) is 59.7 Å². The third kappa shape index (κ3) is 5.91. The minimum Gasteiger partial charge on any atom is -0.497 e. The van der Waals surface area contributed by atoms with Crippen molar-refractivity contribution in [3.63, 3.8) is 0 Å². The van der Waals surface area contributed by atoms with Crippen LogP contribution in [0.4, 0.5) is 5.69 Å². The largest absolute Gasteiger partial charge is 0.497 e. The van der Waals surface area contributed by atoms with Gasteiger partial charge in [-0.25, -0.2) is 4.79 Å². The van der Waals surface area contributed by atoms with Crippen molar-refractivity contribution in [1.29, 1.82) is 0 Å². The Kier molecular flexibility index (Phi) is 8.59. The van der Waals surface area contributed by atoms with Gasteiger partial charge in [0.25, 0.3) is 5.91 Å². The van der Waals surface area contributed by atoms with Crippen molar-refractivity contribution in [2.75, 3.05) is 32.1 Å². The Morgan fingerprint density at radius 2 is 1.74 bits per heavy atom. The fraction of sp³-hybridized carbons (Fsp3) is 0.360. The zero-order valence-corrected chi connectivity index (χ0v) is 20.4. The molecule has 0 radical (unpaired) electrons. The fourth-order valence-corrected chi connectivity index (χ4v) is 4.21. The first kappa shape index (κ1) is 25.2. The Bertz CT molecular complexity index is 1040. The average Bonchev–Trinajstić information content (AvgIpc) is 3.06. The van der Waals surface area contributed by atoms with E-state index >= 15 is 0 Å². The standard InChI is InChI=1S/C25H29N3O5S/c1-4-27-23(30)21(28(25(27)34)15-14-17-6-12-20(32-3)13-7-17)16-22(29)26-19-10-8-18(9-11-19)24(31)33-5-2/h6-13,21H,4-5,14-16H2,1-3H3,(H,26,29). The number of likely N-dealkylation sites (N-methyl/N-ethyl adjacent to an activating group) is 1. The Balaban J connectivity index is 1.65. The summed E-state index contributed by atoms with van der Waals surface area (Å²) in [5.74, 6) is -0.123. The van der Waals surface area contributed by atoms with E-state index in [0.29, 0.717) is 42.5 Å². The molecule has 3 rings (SSSR count). The molecule has 1 aliphatic heterocycles. The predicted octanol–water partition coefficient (Wildman–Crippen LogP) is 3.26. The van der Waals surface area contributed by atoms with Gasteiger partial charge in [0.05, 0.1) is 25.7 Å². The monoisotopic (exact) mass is 483 g/mol. The molecule has 1 unspecified atom stereocenters. The number of hydrogen-bond acceptors (Lipinski definition) is 6.